The first kappa shape index (κ1) is 23.3. The predicted octanol–water partition coefficient (Wildman–Crippen LogP) is 3.45. The van der Waals surface area contributed by atoms with Crippen LogP contribution in [0.15, 0.2) is 54.1 Å². The summed E-state index contributed by atoms with van der Waals surface area (Å²) in [7, 11) is 0. The van der Waals surface area contributed by atoms with Crippen molar-refractivity contribution in [1.82, 2.24) is 10.2 Å². The third-order valence-corrected chi connectivity index (χ3v) is 6.49. The lowest BCUT2D eigenvalue weighted by Gasteiger charge is -2.36. The highest BCUT2D eigenvalue weighted by Gasteiger charge is 2.34. The van der Waals surface area contributed by atoms with E-state index in [2.05, 4.69) is 27.2 Å². The number of anilines is 1. The number of aliphatic hydroxyl groups is 1. The highest BCUT2D eigenvalue weighted by Crippen LogP contribution is 2.35. The first-order valence-corrected chi connectivity index (χ1v) is 11.9. The van der Waals surface area contributed by atoms with Crippen LogP contribution in [0.4, 0.5) is 5.69 Å². The molecule has 0 aliphatic carbocycles. The Morgan fingerprint density at radius 3 is 2.64 bits per heavy atom. The van der Waals surface area contributed by atoms with Crippen LogP contribution in [-0.2, 0) is 11.4 Å². The second-order valence-electron chi connectivity index (χ2n) is 9.33. The van der Waals surface area contributed by atoms with Gasteiger partial charge in [0.2, 0.25) is 0 Å². The SMILES string of the molecule is CC1(C)Oc2ccccc2C=C1C(=O)NCCCCN1CCN(c2cccc(CO)c2)CC1. The maximum atomic E-state index is 12.8. The fraction of sp³-hybridized carbons (Fsp3) is 0.444. The summed E-state index contributed by atoms with van der Waals surface area (Å²) >= 11 is 0. The van der Waals surface area contributed by atoms with Gasteiger partial charge in [-0.2, -0.15) is 0 Å². The summed E-state index contributed by atoms with van der Waals surface area (Å²) in [5, 5.41) is 12.4. The molecule has 2 aliphatic rings. The topological polar surface area (TPSA) is 65.0 Å². The van der Waals surface area contributed by atoms with E-state index in [0.29, 0.717) is 12.1 Å². The minimum atomic E-state index is -0.644. The maximum absolute atomic E-state index is 12.8. The fourth-order valence-corrected chi connectivity index (χ4v) is 4.53. The summed E-state index contributed by atoms with van der Waals surface area (Å²) in [6.45, 7) is 9.74. The molecule has 6 nitrogen and oxygen atoms in total. The van der Waals surface area contributed by atoms with Crippen molar-refractivity contribution in [2.45, 2.75) is 38.9 Å². The normalized spacial score (nSPS) is 17.7. The van der Waals surface area contributed by atoms with Crippen LogP contribution < -0.4 is 15.0 Å². The molecule has 2 aromatic rings. The lowest BCUT2D eigenvalue weighted by Crippen LogP contribution is -2.46. The number of carbonyl (C=O) groups excluding carboxylic acids is 1. The van der Waals surface area contributed by atoms with Crippen LogP contribution in [0, 0.1) is 0 Å². The van der Waals surface area contributed by atoms with Gasteiger partial charge in [0, 0.05) is 44.0 Å². The number of carbonyl (C=O) groups is 1. The summed E-state index contributed by atoms with van der Waals surface area (Å²) in [6, 6.07) is 16.0. The van der Waals surface area contributed by atoms with Crippen molar-refractivity contribution >= 4 is 17.7 Å². The van der Waals surface area contributed by atoms with Gasteiger partial charge in [-0.25, -0.2) is 0 Å². The molecule has 0 atom stereocenters. The predicted molar refractivity (Wildman–Crippen MR) is 132 cm³/mol. The van der Waals surface area contributed by atoms with E-state index in [4.69, 9.17) is 4.74 Å². The molecule has 0 unspecified atom stereocenters. The average molecular weight is 450 g/mol. The molecule has 1 fully saturated rings. The van der Waals surface area contributed by atoms with Gasteiger partial charge in [0.25, 0.3) is 5.91 Å². The zero-order valence-electron chi connectivity index (χ0n) is 19.7. The van der Waals surface area contributed by atoms with Crippen molar-refractivity contribution < 1.29 is 14.6 Å². The van der Waals surface area contributed by atoms with Gasteiger partial charge in [0.1, 0.15) is 11.4 Å². The number of para-hydroxylation sites is 1. The number of hydrogen-bond acceptors (Lipinski definition) is 5. The molecule has 2 N–H and O–H groups in total. The second kappa shape index (κ2) is 10.4. The summed E-state index contributed by atoms with van der Waals surface area (Å²) in [6.07, 6.45) is 3.96. The number of fused-ring (bicyclic) bond motifs is 1. The first-order chi connectivity index (χ1) is 16.0. The lowest BCUT2D eigenvalue weighted by atomic mass is 9.91. The third kappa shape index (κ3) is 5.75. The Bertz CT molecular complexity index is 994. The number of hydrogen-bond donors (Lipinski definition) is 2. The Kier molecular flexibility index (Phi) is 7.36. The number of unbranched alkanes of at least 4 members (excludes halogenated alkanes) is 1. The van der Waals surface area contributed by atoms with Crippen LogP contribution in [0.25, 0.3) is 6.08 Å². The third-order valence-electron chi connectivity index (χ3n) is 6.49. The average Bonchev–Trinajstić information content (AvgIpc) is 2.83. The molecule has 4 rings (SSSR count). The van der Waals surface area contributed by atoms with Gasteiger partial charge in [-0.3, -0.25) is 9.69 Å². The highest BCUT2D eigenvalue weighted by molar-refractivity contribution is 6.00. The van der Waals surface area contributed by atoms with Gasteiger partial charge in [0.15, 0.2) is 0 Å². The van der Waals surface area contributed by atoms with Crippen LogP contribution in [-0.4, -0.2) is 60.8 Å². The molecule has 0 radical (unpaired) electrons. The Labute approximate surface area is 196 Å². The van der Waals surface area contributed by atoms with E-state index in [-0.39, 0.29) is 12.5 Å². The minimum absolute atomic E-state index is 0.0479. The van der Waals surface area contributed by atoms with E-state index in [0.717, 1.165) is 62.4 Å². The van der Waals surface area contributed by atoms with E-state index in [1.165, 1.54) is 5.69 Å². The molecule has 2 heterocycles. The molecule has 33 heavy (non-hydrogen) atoms. The molecule has 1 saturated heterocycles. The molecule has 6 heteroatoms. The maximum Gasteiger partial charge on any atom is 0.251 e. The number of amides is 1. The van der Waals surface area contributed by atoms with Gasteiger partial charge < -0.3 is 20.1 Å². The van der Waals surface area contributed by atoms with Crippen molar-refractivity contribution in [2.75, 3.05) is 44.2 Å². The lowest BCUT2D eigenvalue weighted by molar-refractivity contribution is -0.119. The summed E-state index contributed by atoms with van der Waals surface area (Å²) in [4.78, 5) is 17.7. The zero-order chi connectivity index (χ0) is 23.3. The van der Waals surface area contributed by atoms with Gasteiger partial charge in [-0.05, 0) is 63.1 Å². The molecule has 2 aliphatic heterocycles. The molecule has 0 bridgehead atoms. The first-order valence-electron chi connectivity index (χ1n) is 11.9. The molecule has 0 aromatic heterocycles. The Morgan fingerprint density at radius 2 is 1.85 bits per heavy atom. The molecular weight excluding hydrogens is 414 g/mol. The summed E-state index contributed by atoms with van der Waals surface area (Å²) in [5.41, 5.74) is 3.12. The molecule has 1 amide bonds. The number of piperazine rings is 1. The smallest absolute Gasteiger partial charge is 0.251 e. The van der Waals surface area contributed by atoms with Crippen LogP contribution in [0.2, 0.25) is 0 Å². The van der Waals surface area contributed by atoms with E-state index in [9.17, 15) is 9.90 Å². The fourth-order valence-electron chi connectivity index (χ4n) is 4.53. The number of nitrogens with one attached hydrogen (secondary N) is 1. The van der Waals surface area contributed by atoms with Crippen molar-refractivity contribution in [3.05, 3.63) is 65.2 Å². The van der Waals surface area contributed by atoms with E-state index >= 15 is 0 Å². The van der Waals surface area contributed by atoms with Crippen LogP contribution in [0.5, 0.6) is 5.75 Å². The second-order valence-corrected chi connectivity index (χ2v) is 9.33. The van der Waals surface area contributed by atoms with Crippen molar-refractivity contribution in [3.8, 4) is 5.75 Å². The van der Waals surface area contributed by atoms with Gasteiger partial charge in [-0.1, -0.05) is 30.3 Å². The van der Waals surface area contributed by atoms with Crippen LogP contribution >= 0.6 is 0 Å². The van der Waals surface area contributed by atoms with E-state index in [1.807, 2.05) is 56.3 Å². The molecular formula is C27H35N3O3. The Hall–Kier alpha value is -2.83. The number of nitrogens with zero attached hydrogens (tertiary/aromatic N) is 2. The van der Waals surface area contributed by atoms with Crippen LogP contribution in [0.1, 0.15) is 37.8 Å². The van der Waals surface area contributed by atoms with E-state index in [1.54, 1.807) is 0 Å². The summed E-state index contributed by atoms with van der Waals surface area (Å²) in [5.74, 6) is 0.772. The molecule has 0 spiro atoms. The number of rotatable bonds is 8. The zero-order valence-corrected chi connectivity index (χ0v) is 19.7. The Balaban J connectivity index is 1.18. The largest absolute Gasteiger partial charge is 0.482 e. The molecule has 2 aromatic carbocycles. The Morgan fingerprint density at radius 1 is 1.06 bits per heavy atom. The quantitative estimate of drug-likeness (QED) is 0.605. The van der Waals surface area contributed by atoms with E-state index < -0.39 is 5.60 Å². The van der Waals surface area contributed by atoms with Gasteiger partial charge >= 0.3 is 0 Å². The van der Waals surface area contributed by atoms with Crippen molar-refractivity contribution in [1.29, 1.82) is 0 Å². The standard InChI is InChI=1S/C27H35N3O3/c1-27(2)24(19-22-9-3-4-11-25(22)33-27)26(32)28-12-5-6-13-29-14-16-30(17-15-29)23-10-7-8-21(18-23)20-31/h3-4,7-11,18-19,31H,5-6,12-17,20H2,1-2H3,(H,28,32). The monoisotopic (exact) mass is 449 g/mol. The van der Waals surface area contributed by atoms with Crippen molar-refractivity contribution in [3.63, 3.8) is 0 Å². The summed E-state index contributed by atoms with van der Waals surface area (Å²) < 4.78 is 6.06. The van der Waals surface area contributed by atoms with Gasteiger partial charge in [0.05, 0.1) is 12.2 Å². The number of benzene rings is 2. The highest BCUT2D eigenvalue weighted by atomic mass is 16.5. The number of aliphatic hydroxyl groups excluding tert-OH is 1. The molecule has 0 saturated carbocycles. The van der Waals surface area contributed by atoms with Gasteiger partial charge in [-0.15, -0.1) is 0 Å². The van der Waals surface area contributed by atoms with Crippen molar-refractivity contribution in [2.24, 2.45) is 0 Å². The van der Waals surface area contributed by atoms with Crippen LogP contribution in [0.3, 0.4) is 0 Å². The minimum Gasteiger partial charge on any atom is -0.482 e. The molecule has 176 valence electrons. The number of ether oxygens (including phenoxy) is 1.